The number of imidazole rings is 1. The van der Waals surface area contributed by atoms with E-state index in [2.05, 4.69) is 28.0 Å². The van der Waals surface area contributed by atoms with Gasteiger partial charge >= 0.3 is 0 Å². The highest BCUT2D eigenvalue weighted by Crippen LogP contribution is 2.34. The van der Waals surface area contributed by atoms with Gasteiger partial charge < -0.3 is 9.88 Å². The van der Waals surface area contributed by atoms with Crippen LogP contribution in [0.5, 0.6) is 0 Å². The highest BCUT2D eigenvalue weighted by Gasteiger charge is 2.23. The first kappa shape index (κ1) is 9.56. The summed E-state index contributed by atoms with van der Waals surface area (Å²) in [5.74, 6) is 1.79. The summed E-state index contributed by atoms with van der Waals surface area (Å²) in [6, 6.07) is 0.647. The number of hydrogen-bond acceptors (Lipinski definition) is 2. The van der Waals surface area contributed by atoms with Gasteiger partial charge in [0.2, 0.25) is 5.95 Å². The average molecular weight is 193 g/mol. The van der Waals surface area contributed by atoms with Crippen LogP contribution in [0.3, 0.4) is 0 Å². The van der Waals surface area contributed by atoms with Crippen LogP contribution < -0.4 is 5.32 Å². The van der Waals surface area contributed by atoms with Crippen LogP contribution in [0.2, 0.25) is 0 Å². The maximum absolute atomic E-state index is 4.30. The van der Waals surface area contributed by atoms with Crippen molar-refractivity contribution >= 4 is 5.95 Å². The van der Waals surface area contributed by atoms with Gasteiger partial charge in [-0.05, 0) is 18.8 Å². The summed E-state index contributed by atoms with van der Waals surface area (Å²) < 4.78 is 2.30. The first-order valence-electron chi connectivity index (χ1n) is 5.53. The third-order valence-electron chi connectivity index (χ3n) is 3.32. The summed E-state index contributed by atoms with van der Waals surface area (Å²) in [7, 11) is 1.94. The zero-order valence-corrected chi connectivity index (χ0v) is 9.03. The number of anilines is 1. The lowest BCUT2D eigenvalue weighted by molar-refractivity contribution is 0.259. The quantitative estimate of drug-likeness (QED) is 0.782. The normalized spacial score (nSPS) is 27.6. The van der Waals surface area contributed by atoms with Crippen molar-refractivity contribution in [3.63, 3.8) is 0 Å². The van der Waals surface area contributed by atoms with E-state index in [1.807, 2.05) is 13.2 Å². The molecule has 3 nitrogen and oxygen atoms in total. The van der Waals surface area contributed by atoms with Crippen LogP contribution in [0.1, 0.15) is 38.6 Å². The first-order valence-corrected chi connectivity index (χ1v) is 5.53. The van der Waals surface area contributed by atoms with Gasteiger partial charge in [0.15, 0.2) is 0 Å². The molecule has 0 aromatic carbocycles. The van der Waals surface area contributed by atoms with E-state index in [0.717, 1.165) is 11.9 Å². The molecule has 1 aliphatic rings. The minimum Gasteiger partial charge on any atom is -0.359 e. The molecule has 1 aliphatic carbocycles. The summed E-state index contributed by atoms with van der Waals surface area (Å²) in [6.45, 7) is 2.35. The van der Waals surface area contributed by atoms with Gasteiger partial charge in [-0.25, -0.2) is 4.98 Å². The van der Waals surface area contributed by atoms with Gasteiger partial charge in [0.25, 0.3) is 0 Å². The predicted octanol–water partition coefficient (Wildman–Crippen LogP) is 2.68. The Morgan fingerprint density at radius 2 is 2.21 bits per heavy atom. The lowest BCUT2D eigenvalue weighted by atomic mass is 9.86. The molecule has 1 aromatic rings. The second-order valence-corrected chi connectivity index (χ2v) is 4.24. The molecule has 0 amide bonds. The molecule has 0 aliphatic heterocycles. The summed E-state index contributed by atoms with van der Waals surface area (Å²) in [5, 5.41) is 3.15. The Morgan fingerprint density at radius 3 is 2.93 bits per heavy atom. The standard InChI is InChI=1S/C11H19N3/c1-9-5-3-4-6-10(9)14-8-7-13-11(14)12-2/h7-10H,3-6H2,1-2H3,(H,12,13). The fourth-order valence-electron chi connectivity index (χ4n) is 2.48. The monoisotopic (exact) mass is 193 g/mol. The average Bonchev–Trinajstić information content (AvgIpc) is 2.66. The molecule has 2 rings (SSSR count). The van der Waals surface area contributed by atoms with E-state index in [1.165, 1.54) is 25.7 Å². The lowest BCUT2D eigenvalue weighted by Gasteiger charge is -2.30. The summed E-state index contributed by atoms with van der Waals surface area (Å²) >= 11 is 0. The van der Waals surface area contributed by atoms with Crippen LogP contribution in [0.25, 0.3) is 0 Å². The summed E-state index contributed by atoms with van der Waals surface area (Å²) in [6.07, 6.45) is 9.38. The van der Waals surface area contributed by atoms with E-state index in [4.69, 9.17) is 0 Å². The van der Waals surface area contributed by atoms with Crippen LogP contribution in [-0.4, -0.2) is 16.6 Å². The maximum Gasteiger partial charge on any atom is 0.202 e. The van der Waals surface area contributed by atoms with Crippen molar-refractivity contribution in [3.8, 4) is 0 Å². The Hall–Kier alpha value is -0.990. The second kappa shape index (κ2) is 4.03. The van der Waals surface area contributed by atoms with Crippen LogP contribution in [0.4, 0.5) is 5.95 Å². The van der Waals surface area contributed by atoms with Gasteiger partial charge in [-0.1, -0.05) is 19.8 Å². The topological polar surface area (TPSA) is 29.9 Å². The van der Waals surface area contributed by atoms with E-state index in [9.17, 15) is 0 Å². The zero-order valence-electron chi connectivity index (χ0n) is 9.03. The van der Waals surface area contributed by atoms with Gasteiger partial charge in [0.1, 0.15) is 0 Å². The maximum atomic E-state index is 4.30. The molecule has 14 heavy (non-hydrogen) atoms. The van der Waals surface area contributed by atoms with Gasteiger partial charge in [0.05, 0.1) is 0 Å². The molecule has 0 radical (unpaired) electrons. The molecule has 0 spiro atoms. The third-order valence-corrected chi connectivity index (χ3v) is 3.32. The van der Waals surface area contributed by atoms with E-state index >= 15 is 0 Å². The highest BCUT2D eigenvalue weighted by molar-refractivity contribution is 5.25. The number of aromatic nitrogens is 2. The van der Waals surface area contributed by atoms with Crippen LogP contribution in [-0.2, 0) is 0 Å². The molecule has 2 unspecified atom stereocenters. The number of rotatable bonds is 2. The molecule has 78 valence electrons. The molecule has 1 saturated carbocycles. The fraction of sp³-hybridized carbons (Fsp3) is 0.727. The van der Waals surface area contributed by atoms with Crippen LogP contribution >= 0.6 is 0 Å². The van der Waals surface area contributed by atoms with E-state index in [0.29, 0.717) is 6.04 Å². The molecular weight excluding hydrogens is 174 g/mol. The molecule has 0 bridgehead atoms. The molecule has 3 heteroatoms. The van der Waals surface area contributed by atoms with E-state index in [1.54, 1.807) is 0 Å². The zero-order chi connectivity index (χ0) is 9.97. The molecule has 1 aromatic heterocycles. The van der Waals surface area contributed by atoms with Crippen molar-refractivity contribution in [2.75, 3.05) is 12.4 Å². The van der Waals surface area contributed by atoms with Crippen molar-refractivity contribution in [1.82, 2.24) is 9.55 Å². The summed E-state index contributed by atoms with van der Waals surface area (Å²) in [4.78, 5) is 4.30. The van der Waals surface area contributed by atoms with Crippen molar-refractivity contribution in [1.29, 1.82) is 0 Å². The Labute approximate surface area is 85.5 Å². The first-order chi connectivity index (χ1) is 6.83. The smallest absolute Gasteiger partial charge is 0.202 e. The van der Waals surface area contributed by atoms with Crippen molar-refractivity contribution in [2.24, 2.45) is 5.92 Å². The number of nitrogens with zero attached hydrogens (tertiary/aromatic N) is 2. The Balaban J connectivity index is 2.20. The van der Waals surface area contributed by atoms with Crippen LogP contribution in [0.15, 0.2) is 12.4 Å². The van der Waals surface area contributed by atoms with Gasteiger partial charge in [0, 0.05) is 25.5 Å². The van der Waals surface area contributed by atoms with Crippen molar-refractivity contribution in [2.45, 2.75) is 38.6 Å². The minimum absolute atomic E-state index is 0.647. The van der Waals surface area contributed by atoms with Gasteiger partial charge in [-0.15, -0.1) is 0 Å². The number of nitrogens with one attached hydrogen (secondary N) is 1. The largest absolute Gasteiger partial charge is 0.359 e. The van der Waals surface area contributed by atoms with Gasteiger partial charge in [-0.3, -0.25) is 0 Å². The second-order valence-electron chi connectivity index (χ2n) is 4.24. The Morgan fingerprint density at radius 1 is 1.43 bits per heavy atom. The predicted molar refractivity (Wildman–Crippen MR) is 58.4 cm³/mol. The molecule has 1 fully saturated rings. The van der Waals surface area contributed by atoms with E-state index < -0.39 is 0 Å². The minimum atomic E-state index is 0.647. The molecule has 1 heterocycles. The van der Waals surface area contributed by atoms with Crippen molar-refractivity contribution in [3.05, 3.63) is 12.4 Å². The third kappa shape index (κ3) is 1.63. The van der Waals surface area contributed by atoms with Crippen molar-refractivity contribution < 1.29 is 0 Å². The Bertz CT molecular complexity index is 292. The van der Waals surface area contributed by atoms with Crippen LogP contribution in [0, 0.1) is 5.92 Å². The molecule has 2 atom stereocenters. The molecule has 0 saturated heterocycles. The lowest BCUT2D eigenvalue weighted by Crippen LogP contribution is -2.21. The Kier molecular flexibility index (Phi) is 2.75. The molecule has 1 N–H and O–H groups in total. The SMILES string of the molecule is CNc1nccn1C1CCCCC1C. The van der Waals surface area contributed by atoms with E-state index in [-0.39, 0.29) is 0 Å². The summed E-state index contributed by atoms with van der Waals surface area (Å²) in [5.41, 5.74) is 0. The van der Waals surface area contributed by atoms with Gasteiger partial charge in [-0.2, -0.15) is 0 Å². The fourth-order valence-corrected chi connectivity index (χ4v) is 2.48. The highest BCUT2D eigenvalue weighted by atomic mass is 15.2. The number of hydrogen-bond donors (Lipinski definition) is 1. The molecular formula is C11H19N3.